The van der Waals surface area contributed by atoms with E-state index in [9.17, 15) is 0 Å². The third kappa shape index (κ3) is 3.13. The molecule has 2 N–H and O–H groups in total. The zero-order valence-corrected chi connectivity index (χ0v) is 9.17. The molecule has 14 heavy (non-hydrogen) atoms. The Morgan fingerprint density at radius 2 is 2.00 bits per heavy atom. The van der Waals surface area contributed by atoms with Gasteiger partial charge in [-0.2, -0.15) is 0 Å². The molecular weight excluding hydrogens is 170 g/mol. The molecule has 0 spiro atoms. The summed E-state index contributed by atoms with van der Waals surface area (Å²) in [6, 6.07) is 0.389. The predicted octanol–water partition coefficient (Wildman–Crippen LogP) is 3.39. The fourth-order valence-corrected chi connectivity index (χ4v) is 2.42. The van der Waals surface area contributed by atoms with E-state index < -0.39 is 0 Å². The SMILES string of the molecule is NC(CC1CC1)/C1=C/CCCCCC1. The molecule has 2 rings (SSSR count). The summed E-state index contributed by atoms with van der Waals surface area (Å²) in [4.78, 5) is 0. The highest BCUT2D eigenvalue weighted by molar-refractivity contribution is 5.11. The van der Waals surface area contributed by atoms with Crippen LogP contribution in [0.5, 0.6) is 0 Å². The molecule has 0 aromatic heterocycles. The van der Waals surface area contributed by atoms with Crippen LogP contribution in [0.3, 0.4) is 0 Å². The zero-order chi connectivity index (χ0) is 9.80. The first-order valence-electron chi connectivity index (χ1n) is 6.31. The predicted molar refractivity (Wildman–Crippen MR) is 61.1 cm³/mol. The molecule has 0 amide bonds. The summed E-state index contributed by atoms with van der Waals surface area (Å²) in [5.41, 5.74) is 7.81. The van der Waals surface area contributed by atoms with Crippen molar-refractivity contribution in [3.63, 3.8) is 0 Å². The largest absolute Gasteiger partial charge is 0.324 e. The van der Waals surface area contributed by atoms with Crippen LogP contribution in [0.2, 0.25) is 0 Å². The summed E-state index contributed by atoms with van der Waals surface area (Å²) in [5, 5.41) is 0. The molecule has 1 heteroatoms. The third-order valence-corrected chi connectivity index (χ3v) is 3.59. The molecule has 2 aliphatic carbocycles. The van der Waals surface area contributed by atoms with E-state index in [4.69, 9.17) is 5.73 Å². The molecule has 80 valence electrons. The smallest absolute Gasteiger partial charge is 0.0256 e. The minimum Gasteiger partial charge on any atom is -0.324 e. The highest BCUT2D eigenvalue weighted by atomic mass is 14.6. The van der Waals surface area contributed by atoms with E-state index >= 15 is 0 Å². The summed E-state index contributed by atoms with van der Waals surface area (Å²) in [6.45, 7) is 0. The van der Waals surface area contributed by atoms with Crippen molar-refractivity contribution < 1.29 is 0 Å². The molecule has 1 unspecified atom stereocenters. The second kappa shape index (κ2) is 4.97. The van der Waals surface area contributed by atoms with Gasteiger partial charge in [-0.1, -0.05) is 37.3 Å². The number of hydrogen-bond donors (Lipinski definition) is 1. The normalized spacial score (nSPS) is 29.9. The van der Waals surface area contributed by atoms with Crippen LogP contribution in [-0.2, 0) is 0 Å². The number of rotatable bonds is 3. The molecule has 1 atom stereocenters. The van der Waals surface area contributed by atoms with Crippen LogP contribution in [0.15, 0.2) is 11.6 Å². The number of hydrogen-bond acceptors (Lipinski definition) is 1. The van der Waals surface area contributed by atoms with Crippen molar-refractivity contribution in [2.75, 3.05) is 0 Å². The summed E-state index contributed by atoms with van der Waals surface area (Å²) in [7, 11) is 0. The topological polar surface area (TPSA) is 26.0 Å². The Hall–Kier alpha value is -0.300. The number of allylic oxidation sites excluding steroid dienone is 1. The van der Waals surface area contributed by atoms with Gasteiger partial charge in [0.1, 0.15) is 0 Å². The van der Waals surface area contributed by atoms with Crippen molar-refractivity contribution >= 4 is 0 Å². The molecule has 0 aromatic rings. The van der Waals surface area contributed by atoms with Crippen molar-refractivity contribution in [1.29, 1.82) is 0 Å². The fraction of sp³-hybridized carbons (Fsp3) is 0.846. The first kappa shape index (κ1) is 10.2. The van der Waals surface area contributed by atoms with Crippen LogP contribution in [-0.4, -0.2) is 6.04 Å². The Morgan fingerprint density at radius 1 is 1.21 bits per heavy atom. The van der Waals surface area contributed by atoms with E-state index in [0.29, 0.717) is 6.04 Å². The maximum Gasteiger partial charge on any atom is 0.0256 e. The molecule has 0 aliphatic heterocycles. The molecule has 0 heterocycles. The summed E-state index contributed by atoms with van der Waals surface area (Å²) in [5.74, 6) is 0.969. The second-order valence-corrected chi connectivity index (χ2v) is 5.02. The fourth-order valence-electron chi connectivity index (χ4n) is 2.42. The van der Waals surface area contributed by atoms with Gasteiger partial charge in [0, 0.05) is 6.04 Å². The van der Waals surface area contributed by atoms with Gasteiger partial charge in [-0.15, -0.1) is 0 Å². The van der Waals surface area contributed by atoms with Crippen molar-refractivity contribution in [2.45, 2.75) is 63.8 Å². The van der Waals surface area contributed by atoms with Gasteiger partial charge >= 0.3 is 0 Å². The average molecular weight is 193 g/mol. The molecular formula is C13H23N. The van der Waals surface area contributed by atoms with Gasteiger partial charge in [0.2, 0.25) is 0 Å². The monoisotopic (exact) mass is 193 g/mol. The van der Waals surface area contributed by atoms with Gasteiger partial charge < -0.3 is 5.73 Å². The van der Waals surface area contributed by atoms with Crippen LogP contribution < -0.4 is 5.73 Å². The van der Waals surface area contributed by atoms with Crippen LogP contribution in [0.25, 0.3) is 0 Å². The number of nitrogens with two attached hydrogens (primary N) is 1. The van der Waals surface area contributed by atoms with Gasteiger partial charge in [-0.05, 0) is 38.0 Å². The van der Waals surface area contributed by atoms with Crippen LogP contribution in [0.4, 0.5) is 0 Å². The summed E-state index contributed by atoms with van der Waals surface area (Å²) in [6.07, 6.45) is 14.7. The maximum atomic E-state index is 6.24. The standard InChI is InChI=1S/C13H23N/c14-13(10-11-8-9-11)12-6-4-2-1-3-5-7-12/h6,11,13H,1-5,7-10,14H2/b12-6+. The second-order valence-electron chi connectivity index (χ2n) is 5.02. The quantitative estimate of drug-likeness (QED) is 0.683. The van der Waals surface area contributed by atoms with E-state index in [1.54, 1.807) is 5.57 Å². The van der Waals surface area contributed by atoms with E-state index in [0.717, 1.165) is 5.92 Å². The molecule has 0 aromatic carbocycles. The van der Waals surface area contributed by atoms with E-state index in [1.165, 1.54) is 57.8 Å². The molecule has 0 saturated heterocycles. The molecule has 0 radical (unpaired) electrons. The molecule has 1 nitrogen and oxygen atoms in total. The zero-order valence-electron chi connectivity index (χ0n) is 9.17. The highest BCUT2D eigenvalue weighted by Crippen LogP contribution is 2.35. The van der Waals surface area contributed by atoms with Crippen LogP contribution in [0, 0.1) is 5.92 Å². The van der Waals surface area contributed by atoms with Crippen molar-refractivity contribution in [1.82, 2.24) is 0 Å². The Labute approximate surface area is 87.8 Å². The maximum absolute atomic E-state index is 6.24. The van der Waals surface area contributed by atoms with Crippen molar-refractivity contribution in [3.8, 4) is 0 Å². The molecule has 1 fully saturated rings. The van der Waals surface area contributed by atoms with Gasteiger partial charge in [-0.3, -0.25) is 0 Å². The summed E-state index contributed by atoms with van der Waals surface area (Å²) >= 11 is 0. The lowest BCUT2D eigenvalue weighted by Crippen LogP contribution is -2.23. The lowest BCUT2D eigenvalue weighted by atomic mass is 9.93. The Kier molecular flexibility index (Phi) is 3.63. The Morgan fingerprint density at radius 3 is 2.79 bits per heavy atom. The Bertz CT molecular complexity index is 203. The molecule has 2 aliphatic rings. The van der Waals surface area contributed by atoms with Crippen molar-refractivity contribution in [3.05, 3.63) is 11.6 Å². The van der Waals surface area contributed by atoms with E-state index in [2.05, 4.69) is 6.08 Å². The Balaban J connectivity index is 1.84. The first-order valence-corrected chi connectivity index (χ1v) is 6.31. The van der Waals surface area contributed by atoms with Crippen molar-refractivity contribution in [2.24, 2.45) is 11.7 Å². The van der Waals surface area contributed by atoms with Gasteiger partial charge in [0.05, 0.1) is 0 Å². The van der Waals surface area contributed by atoms with E-state index in [-0.39, 0.29) is 0 Å². The first-order chi connectivity index (χ1) is 6.86. The average Bonchev–Trinajstić information content (AvgIpc) is 2.86. The highest BCUT2D eigenvalue weighted by Gasteiger charge is 2.25. The lowest BCUT2D eigenvalue weighted by molar-refractivity contribution is 0.563. The minimum atomic E-state index is 0.389. The van der Waals surface area contributed by atoms with Crippen LogP contribution >= 0.6 is 0 Å². The lowest BCUT2D eigenvalue weighted by Gasteiger charge is -2.18. The molecule has 0 bridgehead atoms. The van der Waals surface area contributed by atoms with Gasteiger partial charge in [-0.25, -0.2) is 0 Å². The minimum absolute atomic E-state index is 0.389. The summed E-state index contributed by atoms with van der Waals surface area (Å²) < 4.78 is 0. The van der Waals surface area contributed by atoms with Gasteiger partial charge in [0.15, 0.2) is 0 Å². The van der Waals surface area contributed by atoms with Crippen LogP contribution in [0.1, 0.15) is 57.8 Å². The third-order valence-electron chi connectivity index (χ3n) is 3.59. The molecule has 1 saturated carbocycles. The van der Waals surface area contributed by atoms with E-state index in [1.807, 2.05) is 0 Å². The van der Waals surface area contributed by atoms with Gasteiger partial charge in [0.25, 0.3) is 0 Å².